The molecule has 1 aromatic carbocycles. The number of piperidine rings is 1. The summed E-state index contributed by atoms with van der Waals surface area (Å²) in [7, 11) is 0. The van der Waals surface area contributed by atoms with E-state index in [0.29, 0.717) is 12.0 Å². The zero-order chi connectivity index (χ0) is 13.0. The molecule has 1 aromatic rings. The van der Waals surface area contributed by atoms with Gasteiger partial charge in [0.15, 0.2) is 0 Å². The van der Waals surface area contributed by atoms with Crippen LogP contribution in [0.1, 0.15) is 31.7 Å². The zero-order valence-corrected chi connectivity index (χ0v) is 11.1. The quantitative estimate of drug-likeness (QED) is 0.890. The highest BCUT2D eigenvalue weighted by atomic mass is 19.1. The summed E-state index contributed by atoms with van der Waals surface area (Å²) < 4.78 is 12.8. The van der Waals surface area contributed by atoms with Crippen LogP contribution in [0.4, 0.5) is 4.39 Å². The Labute approximate surface area is 109 Å². The van der Waals surface area contributed by atoms with E-state index in [2.05, 4.69) is 11.8 Å². The Kier molecular flexibility index (Phi) is 4.72. The van der Waals surface area contributed by atoms with Crippen molar-refractivity contribution in [3.05, 3.63) is 35.6 Å². The number of nitrogens with two attached hydrogens (primary N) is 1. The van der Waals surface area contributed by atoms with Crippen LogP contribution in [-0.2, 0) is 6.54 Å². The van der Waals surface area contributed by atoms with Crippen LogP contribution in [-0.4, -0.2) is 24.0 Å². The van der Waals surface area contributed by atoms with Crippen molar-refractivity contribution in [2.75, 3.05) is 13.1 Å². The van der Waals surface area contributed by atoms with E-state index in [0.717, 1.165) is 26.1 Å². The van der Waals surface area contributed by atoms with Gasteiger partial charge in [0.1, 0.15) is 5.82 Å². The molecule has 2 nitrogen and oxygen atoms in total. The second kappa shape index (κ2) is 6.30. The monoisotopic (exact) mass is 250 g/mol. The Morgan fingerprint density at radius 3 is 2.78 bits per heavy atom. The van der Waals surface area contributed by atoms with Crippen molar-refractivity contribution in [3.8, 4) is 0 Å². The molecule has 1 aliphatic rings. The van der Waals surface area contributed by atoms with Gasteiger partial charge in [0.2, 0.25) is 0 Å². The molecule has 0 aromatic heterocycles. The summed E-state index contributed by atoms with van der Waals surface area (Å²) in [5, 5.41) is 0. The second-order valence-corrected chi connectivity index (χ2v) is 5.34. The molecule has 1 heterocycles. The topological polar surface area (TPSA) is 29.3 Å². The fraction of sp³-hybridized carbons (Fsp3) is 0.600. The highest BCUT2D eigenvalue weighted by molar-refractivity contribution is 5.16. The first-order chi connectivity index (χ1) is 8.69. The molecule has 2 rings (SSSR count). The fourth-order valence-electron chi connectivity index (χ4n) is 2.77. The zero-order valence-electron chi connectivity index (χ0n) is 11.1. The smallest absolute Gasteiger partial charge is 0.123 e. The van der Waals surface area contributed by atoms with Crippen molar-refractivity contribution < 1.29 is 4.39 Å². The standard InChI is InChI=1S/C15H23FN2/c1-2-15(17)13-4-3-9-18(11-13)10-12-5-7-14(16)8-6-12/h5-8,13,15H,2-4,9-11,17H2,1H3. The highest BCUT2D eigenvalue weighted by Gasteiger charge is 2.23. The maximum atomic E-state index is 12.8. The summed E-state index contributed by atoms with van der Waals surface area (Å²) in [6, 6.07) is 7.14. The van der Waals surface area contributed by atoms with Crippen molar-refractivity contribution in [3.63, 3.8) is 0 Å². The van der Waals surface area contributed by atoms with E-state index < -0.39 is 0 Å². The molecule has 0 radical (unpaired) electrons. The van der Waals surface area contributed by atoms with Crippen LogP contribution in [0.15, 0.2) is 24.3 Å². The molecule has 18 heavy (non-hydrogen) atoms. The van der Waals surface area contributed by atoms with E-state index in [1.807, 2.05) is 12.1 Å². The van der Waals surface area contributed by atoms with Crippen molar-refractivity contribution in [1.82, 2.24) is 4.90 Å². The summed E-state index contributed by atoms with van der Waals surface area (Å²) >= 11 is 0. The number of nitrogens with zero attached hydrogens (tertiary/aromatic N) is 1. The predicted octanol–water partition coefficient (Wildman–Crippen LogP) is 2.78. The molecule has 0 spiro atoms. The Morgan fingerprint density at radius 1 is 1.39 bits per heavy atom. The van der Waals surface area contributed by atoms with Gasteiger partial charge in [0, 0.05) is 19.1 Å². The molecular weight excluding hydrogens is 227 g/mol. The Balaban J connectivity index is 1.91. The molecule has 2 unspecified atom stereocenters. The highest BCUT2D eigenvalue weighted by Crippen LogP contribution is 2.21. The van der Waals surface area contributed by atoms with Crippen molar-refractivity contribution >= 4 is 0 Å². The Bertz CT molecular complexity index is 363. The molecule has 2 N–H and O–H groups in total. The SMILES string of the molecule is CCC(N)C1CCCN(Cc2ccc(F)cc2)C1. The van der Waals surface area contributed by atoms with Gasteiger partial charge in [-0.05, 0) is 49.4 Å². The van der Waals surface area contributed by atoms with Gasteiger partial charge >= 0.3 is 0 Å². The van der Waals surface area contributed by atoms with E-state index in [1.165, 1.54) is 30.5 Å². The number of benzene rings is 1. The second-order valence-electron chi connectivity index (χ2n) is 5.34. The summed E-state index contributed by atoms with van der Waals surface area (Å²) in [6.45, 7) is 5.27. The summed E-state index contributed by atoms with van der Waals surface area (Å²) in [5.74, 6) is 0.451. The third-order valence-electron chi connectivity index (χ3n) is 3.94. The summed E-state index contributed by atoms with van der Waals surface area (Å²) in [5.41, 5.74) is 7.33. The van der Waals surface area contributed by atoms with Gasteiger partial charge in [-0.25, -0.2) is 4.39 Å². The average Bonchev–Trinajstić information content (AvgIpc) is 2.41. The lowest BCUT2D eigenvalue weighted by molar-refractivity contribution is 0.149. The van der Waals surface area contributed by atoms with Gasteiger partial charge in [-0.2, -0.15) is 0 Å². The van der Waals surface area contributed by atoms with Gasteiger partial charge < -0.3 is 5.73 Å². The average molecular weight is 250 g/mol. The minimum absolute atomic E-state index is 0.164. The molecular formula is C15H23FN2. The van der Waals surface area contributed by atoms with Crippen LogP contribution in [0.5, 0.6) is 0 Å². The molecule has 0 bridgehead atoms. The van der Waals surface area contributed by atoms with Crippen molar-refractivity contribution in [2.24, 2.45) is 11.7 Å². The molecule has 0 aliphatic carbocycles. The van der Waals surface area contributed by atoms with Crippen molar-refractivity contribution in [1.29, 1.82) is 0 Å². The minimum atomic E-state index is -0.164. The number of likely N-dealkylation sites (tertiary alicyclic amines) is 1. The molecule has 3 heteroatoms. The van der Waals surface area contributed by atoms with Gasteiger partial charge in [0.25, 0.3) is 0 Å². The molecule has 1 aliphatic heterocycles. The maximum absolute atomic E-state index is 12.8. The van der Waals surface area contributed by atoms with Gasteiger partial charge in [-0.3, -0.25) is 4.90 Å². The molecule has 2 atom stereocenters. The van der Waals surface area contributed by atoms with Crippen LogP contribution in [0.2, 0.25) is 0 Å². The van der Waals surface area contributed by atoms with Crippen LogP contribution < -0.4 is 5.73 Å². The summed E-state index contributed by atoms with van der Waals surface area (Å²) in [6.07, 6.45) is 3.52. The van der Waals surface area contributed by atoms with E-state index in [1.54, 1.807) is 0 Å². The lowest BCUT2D eigenvalue weighted by Gasteiger charge is -2.35. The molecule has 1 fully saturated rings. The lowest BCUT2D eigenvalue weighted by Crippen LogP contribution is -2.42. The number of rotatable bonds is 4. The Hall–Kier alpha value is -0.930. The van der Waals surface area contributed by atoms with Crippen LogP contribution in [0.25, 0.3) is 0 Å². The van der Waals surface area contributed by atoms with E-state index in [-0.39, 0.29) is 5.82 Å². The molecule has 0 saturated carbocycles. The van der Waals surface area contributed by atoms with E-state index >= 15 is 0 Å². The molecule has 100 valence electrons. The Morgan fingerprint density at radius 2 is 2.11 bits per heavy atom. The van der Waals surface area contributed by atoms with Crippen LogP contribution in [0, 0.1) is 11.7 Å². The van der Waals surface area contributed by atoms with Gasteiger partial charge in [0.05, 0.1) is 0 Å². The van der Waals surface area contributed by atoms with E-state index in [9.17, 15) is 4.39 Å². The number of halogens is 1. The maximum Gasteiger partial charge on any atom is 0.123 e. The number of hydrogen-bond donors (Lipinski definition) is 1. The first-order valence-electron chi connectivity index (χ1n) is 6.91. The molecule has 0 amide bonds. The van der Waals surface area contributed by atoms with Gasteiger partial charge in [-0.1, -0.05) is 19.1 Å². The first-order valence-corrected chi connectivity index (χ1v) is 6.91. The largest absolute Gasteiger partial charge is 0.327 e. The summed E-state index contributed by atoms with van der Waals surface area (Å²) in [4.78, 5) is 2.44. The van der Waals surface area contributed by atoms with Gasteiger partial charge in [-0.15, -0.1) is 0 Å². The third kappa shape index (κ3) is 3.53. The van der Waals surface area contributed by atoms with Crippen LogP contribution >= 0.6 is 0 Å². The normalized spacial score (nSPS) is 22.9. The van der Waals surface area contributed by atoms with Crippen LogP contribution in [0.3, 0.4) is 0 Å². The fourth-order valence-corrected chi connectivity index (χ4v) is 2.77. The number of hydrogen-bond acceptors (Lipinski definition) is 2. The van der Waals surface area contributed by atoms with E-state index in [4.69, 9.17) is 5.73 Å². The lowest BCUT2D eigenvalue weighted by atomic mass is 9.89. The van der Waals surface area contributed by atoms with Crippen molar-refractivity contribution in [2.45, 2.75) is 38.8 Å². The first kappa shape index (κ1) is 13.5. The molecule has 1 saturated heterocycles. The minimum Gasteiger partial charge on any atom is -0.327 e. The third-order valence-corrected chi connectivity index (χ3v) is 3.94. The predicted molar refractivity (Wildman–Crippen MR) is 72.7 cm³/mol.